The van der Waals surface area contributed by atoms with E-state index in [0.29, 0.717) is 5.56 Å². The highest BCUT2D eigenvalue weighted by Crippen LogP contribution is 2.37. The molecule has 104 valence electrons. The minimum absolute atomic E-state index is 0.0782. The number of nitrogen functional groups attached to an aromatic ring is 1. The highest BCUT2D eigenvalue weighted by molar-refractivity contribution is 5.94. The Morgan fingerprint density at radius 3 is 2.63 bits per heavy atom. The lowest BCUT2D eigenvalue weighted by atomic mass is 9.82. The molecule has 1 aromatic carbocycles. The molecule has 1 heterocycles. The normalized spacial score (nSPS) is 17.7. The minimum Gasteiger partial charge on any atom is -0.396 e. The van der Waals surface area contributed by atoms with Crippen LogP contribution in [0.25, 0.3) is 0 Å². The maximum absolute atomic E-state index is 13.4. The number of benzene rings is 1. The average Bonchev–Trinajstić information content (AvgIpc) is 2.86. The van der Waals surface area contributed by atoms with Crippen LogP contribution in [0.1, 0.15) is 43.5 Å². The summed E-state index contributed by atoms with van der Waals surface area (Å²) in [6, 6.07) is 4.28. The largest absolute Gasteiger partial charge is 0.396 e. The monoisotopic (exact) mass is 264 g/mol. The van der Waals surface area contributed by atoms with Crippen LogP contribution in [0.2, 0.25) is 0 Å². The van der Waals surface area contributed by atoms with Gasteiger partial charge in [-0.05, 0) is 42.9 Å². The van der Waals surface area contributed by atoms with E-state index in [1.165, 1.54) is 12.1 Å². The average molecular weight is 264 g/mol. The number of carbonyl (C=O) groups excluding carboxylic acids is 1. The quantitative estimate of drug-likeness (QED) is 0.853. The zero-order valence-electron chi connectivity index (χ0n) is 11.6. The Kier molecular flexibility index (Phi) is 3.78. The van der Waals surface area contributed by atoms with Crippen molar-refractivity contribution < 1.29 is 9.18 Å². The van der Waals surface area contributed by atoms with Crippen molar-refractivity contribution in [2.24, 2.45) is 5.41 Å². The zero-order chi connectivity index (χ0) is 14.0. The van der Waals surface area contributed by atoms with E-state index >= 15 is 0 Å². The van der Waals surface area contributed by atoms with E-state index in [1.807, 2.05) is 4.90 Å². The molecule has 0 bridgehead atoms. The molecular formula is C15H21FN2O. The van der Waals surface area contributed by atoms with Crippen molar-refractivity contribution in [3.05, 3.63) is 29.6 Å². The van der Waals surface area contributed by atoms with E-state index in [9.17, 15) is 9.18 Å². The Bertz CT molecular complexity index is 483. The van der Waals surface area contributed by atoms with Gasteiger partial charge in [-0.1, -0.05) is 13.8 Å². The van der Waals surface area contributed by atoms with Crippen molar-refractivity contribution in [3.63, 3.8) is 0 Å². The fraction of sp³-hybridized carbons (Fsp3) is 0.533. The summed E-state index contributed by atoms with van der Waals surface area (Å²) in [7, 11) is 0. The van der Waals surface area contributed by atoms with Crippen LogP contribution >= 0.6 is 0 Å². The third kappa shape index (κ3) is 2.57. The second-order valence-electron chi connectivity index (χ2n) is 5.42. The van der Waals surface area contributed by atoms with Crippen LogP contribution in [0.15, 0.2) is 18.2 Å². The van der Waals surface area contributed by atoms with Crippen molar-refractivity contribution in [1.82, 2.24) is 4.90 Å². The first kappa shape index (κ1) is 13.8. The molecule has 1 aliphatic heterocycles. The number of likely N-dealkylation sites (tertiary alicyclic amines) is 1. The van der Waals surface area contributed by atoms with Crippen LogP contribution in [0, 0.1) is 11.2 Å². The number of hydrogen-bond donors (Lipinski definition) is 1. The molecule has 1 aromatic rings. The van der Waals surface area contributed by atoms with Gasteiger partial charge in [0.05, 0.1) is 5.69 Å². The van der Waals surface area contributed by atoms with Crippen LogP contribution < -0.4 is 5.73 Å². The molecule has 0 spiro atoms. The van der Waals surface area contributed by atoms with E-state index in [4.69, 9.17) is 5.73 Å². The van der Waals surface area contributed by atoms with Gasteiger partial charge in [0.1, 0.15) is 5.82 Å². The summed E-state index contributed by atoms with van der Waals surface area (Å²) in [5, 5.41) is 0. The summed E-state index contributed by atoms with van der Waals surface area (Å²) < 4.78 is 13.4. The molecule has 1 amide bonds. The Hall–Kier alpha value is -1.58. The molecule has 2 N–H and O–H groups in total. The Morgan fingerprint density at radius 1 is 1.42 bits per heavy atom. The molecule has 19 heavy (non-hydrogen) atoms. The van der Waals surface area contributed by atoms with Gasteiger partial charge in [-0.25, -0.2) is 4.39 Å². The van der Waals surface area contributed by atoms with Gasteiger partial charge >= 0.3 is 0 Å². The first-order chi connectivity index (χ1) is 9.01. The van der Waals surface area contributed by atoms with Crippen molar-refractivity contribution in [2.75, 3.05) is 18.8 Å². The van der Waals surface area contributed by atoms with Crippen LogP contribution in [0.5, 0.6) is 0 Å². The first-order valence-electron chi connectivity index (χ1n) is 6.85. The van der Waals surface area contributed by atoms with Gasteiger partial charge in [0.2, 0.25) is 0 Å². The fourth-order valence-electron chi connectivity index (χ4n) is 2.78. The number of carbonyl (C=O) groups is 1. The van der Waals surface area contributed by atoms with Crippen molar-refractivity contribution >= 4 is 11.6 Å². The van der Waals surface area contributed by atoms with E-state index in [2.05, 4.69) is 13.8 Å². The van der Waals surface area contributed by atoms with Crippen molar-refractivity contribution in [2.45, 2.75) is 33.1 Å². The van der Waals surface area contributed by atoms with Gasteiger partial charge in [0, 0.05) is 18.7 Å². The molecule has 1 fully saturated rings. The van der Waals surface area contributed by atoms with Gasteiger partial charge in [0.25, 0.3) is 5.91 Å². The fourth-order valence-corrected chi connectivity index (χ4v) is 2.78. The van der Waals surface area contributed by atoms with E-state index in [0.717, 1.165) is 32.4 Å². The Balaban J connectivity index is 2.15. The van der Waals surface area contributed by atoms with Gasteiger partial charge in [-0.2, -0.15) is 0 Å². The predicted octanol–water partition coefficient (Wildman–Crippen LogP) is 3.06. The number of nitrogens with zero attached hydrogens (tertiary/aromatic N) is 1. The predicted molar refractivity (Wildman–Crippen MR) is 74.3 cm³/mol. The number of rotatable bonds is 3. The van der Waals surface area contributed by atoms with Crippen molar-refractivity contribution in [3.8, 4) is 0 Å². The number of hydrogen-bond acceptors (Lipinski definition) is 2. The second-order valence-corrected chi connectivity index (χ2v) is 5.42. The SMILES string of the molecule is CCC1(CC)CCN(C(=O)c2ccc(N)c(F)c2)C1. The van der Waals surface area contributed by atoms with Crippen LogP contribution in [-0.4, -0.2) is 23.9 Å². The van der Waals surface area contributed by atoms with Crippen LogP contribution in [-0.2, 0) is 0 Å². The van der Waals surface area contributed by atoms with Crippen molar-refractivity contribution in [1.29, 1.82) is 0 Å². The van der Waals surface area contributed by atoms with Gasteiger partial charge in [0.15, 0.2) is 0 Å². The van der Waals surface area contributed by atoms with Gasteiger partial charge < -0.3 is 10.6 Å². The molecule has 0 atom stereocenters. The lowest BCUT2D eigenvalue weighted by molar-refractivity contribution is 0.0769. The molecule has 0 aromatic heterocycles. The number of anilines is 1. The summed E-state index contributed by atoms with van der Waals surface area (Å²) in [5.41, 5.74) is 6.13. The van der Waals surface area contributed by atoms with E-state index < -0.39 is 5.82 Å². The van der Waals surface area contributed by atoms with E-state index in [1.54, 1.807) is 6.07 Å². The smallest absolute Gasteiger partial charge is 0.253 e. The Morgan fingerprint density at radius 2 is 2.11 bits per heavy atom. The minimum atomic E-state index is -0.526. The van der Waals surface area contributed by atoms with Gasteiger partial charge in [-0.15, -0.1) is 0 Å². The van der Waals surface area contributed by atoms with E-state index in [-0.39, 0.29) is 17.0 Å². The molecule has 4 heteroatoms. The highest BCUT2D eigenvalue weighted by atomic mass is 19.1. The number of nitrogens with two attached hydrogens (primary N) is 1. The summed E-state index contributed by atoms with van der Waals surface area (Å²) in [4.78, 5) is 14.2. The maximum atomic E-state index is 13.4. The number of amides is 1. The molecule has 2 rings (SSSR count). The standard InChI is InChI=1S/C15H21FN2O/c1-3-15(4-2)7-8-18(10-15)14(19)11-5-6-13(17)12(16)9-11/h5-6,9H,3-4,7-8,10,17H2,1-2H3. The summed E-state index contributed by atoms with van der Waals surface area (Å²) >= 11 is 0. The molecule has 0 unspecified atom stereocenters. The molecule has 0 radical (unpaired) electrons. The second kappa shape index (κ2) is 5.19. The topological polar surface area (TPSA) is 46.3 Å². The summed E-state index contributed by atoms with van der Waals surface area (Å²) in [5.74, 6) is -0.620. The molecule has 0 saturated carbocycles. The number of halogens is 1. The maximum Gasteiger partial charge on any atom is 0.253 e. The van der Waals surface area contributed by atoms with Crippen LogP contribution in [0.4, 0.5) is 10.1 Å². The summed E-state index contributed by atoms with van der Waals surface area (Å²) in [6.45, 7) is 5.86. The first-order valence-corrected chi connectivity index (χ1v) is 6.85. The highest BCUT2D eigenvalue weighted by Gasteiger charge is 2.37. The molecule has 3 nitrogen and oxygen atoms in total. The third-order valence-corrected chi connectivity index (χ3v) is 4.47. The lowest BCUT2D eigenvalue weighted by Gasteiger charge is -2.26. The zero-order valence-corrected chi connectivity index (χ0v) is 11.6. The lowest BCUT2D eigenvalue weighted by Crippen LogP contribution is -2.31. The molecular weight excluding hydrogens is 243 g/mol. The molecule has 0 aliphatic carbocycles. The summed E-state index contributed by atoms with van der Waals surface area (Å²) in [6.07, 6.45) is 3.18. The third-order valence-electron chi connectivity index (χ3n) is 4.47. The molecule has 1 aliphatic rings. The molecule has 1 saturated heterocycles. The Labute approximate surface area is 113 Å². The van der Waals surface area contributed by atoms with Crippen LogP contribution in [0.3, 0.4) is 0 Å². The van der Waals surface area contributed by atoms with Gasteiger partial charge in [-0.3, -0.25) is 4.79 Å².